The van der Waals surface area contributed by atoms with Crippen molar-refractivity contribution in [2.24, 2.45) is 0 Å². The fourth-order valence-corrected chi connectivity index (χ4v) is 3.87. The molecule has 0 aliphatic rings. The van der Waals surface area contributed by atoms with Gasteiger partial charge in [-0.2, -0.15) is 0 Å². The Labute approximate surface area is 150 Å². The minimum absolute atomic E-state index is 0.0203. The number of methoxy groups -OCH3 is 2. The zero-order valence-corrected chi connectivity index (χ0v) is 16.7. The van der Waals surface area contributed by atoms with E-state index in [0.717, 1.165) is 26.0 Å². The highest BCUT2D eigenvalue weighted by atomic mass is 79.9. The van der Waals surface area contributed by atoms with Gasteiger partial charge in [0, 0.05) is 10.0 Å². The van der Waals surface area contributed by atoms with E-state index in [-0.39, 0.29) is 4.83 Å². The van der Waals surface area contributed by atoms with Crippen LogP contribution >= 0.6 is 47.8 Å². The van der Waals surface area contributed by atoms with Crippen LogP contribution < -0.4 is 9.47 Å². The fraction of sp³-hybridized carbons (Fsp3) is 0.250. The Morgan fingerprint density at radius 3 is 2.19 bits per heavy atom. The van der Waals surface area contributed by atoms with E-state index in [1.54, 1.807) is 14.2 Å². The van der Waals surface area contributed by atoms with Gasteiger partial charge in [0.25, 0.3) is 0 Å². The molecule has 1 unspecified atom stereocenters. The Morgan fingerprint density at radius 1 is 0.905 bits per heavy atom. The summed E-state index contributed by atoms with van der Waals surface area (Å²) >= 11 is 10.9. The number of hydrogen-bond acceptors (Lipinski definition) is 2. The molecule has 0 saturated heterocycles. The van der Waals surface area contributed by atoms with E-state index in [4.69, 9.17) is 9.47 Å². The maximum Gasteiger partial charge on any atom is 0.133 e. The van der Waals surface area contributed by atoms with Crippen molar-refractivity contribution in [2.75, 3.05) is 14.2 Å². The van der Waals surface area contributed by atoms with Crippen molar-refractivity contribution in [2.45, 2.75) is 11.8 Å². The van der Waals surface area contributed by atoms with Crippen LogP contribution in [0.25, 0.3) is 0 Å². The van der Waals surface area contributed by atoms with Crippen LogP contribution in [-0.4, -0.2) is 14.2 Å². The van der Waals surface area contributed by atoms with Gasteiger partial charge in [0.15, 0.2) is 0 Å². The first-order chi connectivity index (χ1) is 9.99. The lowest BCUT2D eigenvalue weighted by Gasteiger charge is -2.19. The summed E-state index contributed by atoms with van der Waals surface area (Å²) in [6.45, 7) is 2.09. The first-order valence-corrected chi connectivity index (χ1v) is 8.80. The molecule has 0 saturated carbocycles. The summed E-state index contributed by atoms with van der Waals surface area (Å²) in [5.74, 6) is 1.59. The van der Waals surface area contributed by atoms with Gasteiger partial charge in [0.05, 0.1) is 23.5 Å². The smallest absolute Gasteiger partial charge is 0.133 e. The molecule has 2 aromatic carbocycles. The molecular weight excluding hydrogens is 464 g/mol. The Morgan fingerprint density at radius 2 is 1.57 bits per heavy atom. The van der Waals surface area contributed by atoms with Crippen LogP contribution in [0.15, 0.2) is 39.3 Å². The van der Waals surface area contributed by atoms with Gasteiger partial charge in [-0.1, -0.05) is 44.0 Å². The van der Waals surface area contributed by atoms with E-state index in [2.05, 4.69) is 60.8 Å². The van der Waals surface area contributed by atoms with Crippen LogP contribution in [0.2, 0.25) is 0 Å². The maximum absolute atomic E-state index is 5.51. The molecule has 0 fully saturated rings. The molecule has 112 valence electrons. The van der Waals surface area contributed by atoms with E-state index < -0.39 is 0 Å². The quantitative estimate of drug-likeness (QED) is 0.500. The van der Waals surface area contributed by atoms with Crippen LogP contribution in [0, 0.1) is 6.92 Å². The standard InChI is InChI=1S/C16H15Br3O2/c1-9-10(5-4-6-12(9)17)16(19)11-7-15(21-3)13(18)8-14(11)20-2/h4-8,16H,1-3H3. The zero-order chi connectivity index (χ0) is 15.6. The van der Waals surface area contributed by atoms with Crippen molar-refractivity contribution in [1.82, 2.24) is 0 Å². The first kappa shape index (κ1) is 16.8. The van der Waals surface area contributed by atoms with E-state index in [1.165, 1.54) is 11.1 Å². The van der Waals surface area contributed by atoms with Crippen molar-refractivity contribution in [3.8, 4) is 11.5 Å². The minimum Gasteiger partial charge on any atom is -0.496 e. The van der Waals surface area contributed by atoms with E-state index in [0.29, 0.717) is 0 Å². The normalized spacial score (nSPS) is 12.1. The van der Waals surface area contributed by atoms with Crippen molar-refractivity contribution in [3.63, 3.8) is 0 Å². The third kappa shape index (κ3) is 3.46. The second kappa shape index (κ2) is 7.16. The number of benzene rings is 2. The number of hydrogen-bond donors (Lipinski definition) is 0. The van der Waals surface area contributed by atoms with Crippen molar-refractivity contribution < 1.29 is 9.47 Å². The molecule has 0 aromatic heterocycles. The molecular formula is C16H15Br3O2. The molecule has 21 heavy (non-hydrogen) atoms. The first-order valence-electron chi connectivity index (χ1n) is 6.30. The van der Waals surface area contributed by atoms with Crippen molar-refractivity contribution in [3.05, 3.63) is 56.0 Å². The largest absolute Gasteiger partial charge is 0.496 e. The average molecular weight is 479 g/mol. The summed E-state index contributed by atoms with van der Waals surface area (Å²) < 4.78 is 12.9. The summed E-state index contributed by atoms with van der Waals surface area (Å²) in [7, 11) is 3.33. The molecule has 0 amide bonds. The predicted octanol–water partition coefficient (Wildman–Crippen LogP) is 6.02. The summed E-state index contributed by atoms with van der Waals surface area (Å²) in [5, 5.41) is 0. The molecule has 1 atom stereocenters. The van der Waals surface area contributed by atoms with E-state index in [1.807, 2.05) is 24.3 Å². The van der Waals surface area contributed by atoms with Gasteiger partial charge < -0.3 is 9.47 Å². The Balaban J connectivity index is 2.56. The lowest BCUT2D eigenvalue weighted by Crippen LogP contribution is -2.01. The van der Waals surface area contributed by atoms with Crippen LogP contribution in [0.5, 0.6) is 11.5 Å². The lowest BCUT2D eigenvalue weighted by atomic mass is 9.99. The third-order valence-corrected chi connectivity index (χ3v) is 5.83. The molecule has 2 aromatic rings. The topological polar surface area (TPSA) is 18.5 Å². The number of ether oxygens (including phenoxy) is 2. The molecule has 0 aliphatic heterocycles. The van der Waals surface area contributed by atoms with Gasteiger partial charge in [-0.15, -0.1) is 0 Å². The molecule has 5 heteroatoms. The molecule has 0 bridgehead atoms. The van der Waals surface area contributed by atoms with Gasteiger partial charge in [-0.3, -0.25) is 0 Å². The fourth-order valence-electron chi connectivity index (χ4n) is 2.15. The maximum atomic E-state index is 5.51. The highest BCUT2D eigenvalue weighted by Crippen LogP contribution is 2.43. The molecule has 0 N–H and O–H groups in total. The van der Waals surface area contributed by atoms with Crippen molar-refractivity contribution >= 4 is 47.8 Å². The van der Waals surface area contributed by atoms with Crippen LogP contribution in [0.1, 0.15) is 21.5 Å². The number of halogens is 3. The highest BCUT2D eigenvalue weighted by Gasteiger charge is 2.20. The SMILES string of the molecule is COc1cc(C(Br)c2cccc(Br)c2C)c(OC)cc1Br. The molecule has 2 nitrogen and oxygen atoms in total. The Kier molecular flexibility index (Phi) is 5.74. The summed E-state index contributed by atoms with van der Waals surface area (Å²) in [5.41, 5.74) is 3.41. The number of alkyl halides is 1. The second-order valence-corrected chi connectivity index (χ2v) is 7.17. The van der Waals surface area contributed by atoms with Crippen molar-refractivity contribution in [1.29, 1.82) is 0 Å². The van der Waals surface area contributed by atoms with Crippen LogP contribution in [0.4, 0.5) is 0 Å². The molecule has 0 heterocycles. The second-order valence-electron chi connectivity index (χ2n) is 4.55. The van der Waals surface area contributed by atoms with E-state index in [9.17, 15) is 0 Å². The van der Waals surface area contributed by atoms with Gasteiger partial charge in [-0.05, 0) is 52.2 Å². The summed E-state index contributed by atoms with van der Waals surface area (Å²) in [4.78, 5) is 0.0203. The average Bonchev–Trinajstić information content (AvgIpc) is 2.49. The third-order valence-electron chi connectivity index (χ3n) is 3.36. The molecule has 2 rings (SSSR count). The van der Waals surface area contributed by atoms with Gasteiger partial charge >= 0.3 is 0 Å². The molecule has 0 radical (unpaired) electrons. The monoisotopic (exact) mass is 476 g/mol. The van der Waals surface area contributed by atoms with Crippen LogP contribution in [-0.2, 0) is 0 Å². The molecule has 0 aliphatic carbocycles. The predicted molar refractivity (Wildman–Crippen MR) is 96.9 cm³/mol. The minimum atomic E-state index is 0.0203. The van der Waals surface area contributed by atoms with Gasteiger partial charge in [0.1, 0.15) is 11.5 Å². The lowest BCUT2D eigenvalue weighted by molar-refractivity contribution is 0.397. The summed E-state index contributed by atoms with van der Waals surface area (Å²) in [6, 6.07) is 10.1. The van der Waals surface area contributed by atoms with Crippen LogP contribution in [0.3, 0.4) is 0 Å². The Bertz CT molecular complexity index is 656. The van der Waals surface area contributed by atoms with E-state index >= 15 is 0 Å². The Hall–Kier alpha value is -0.520. The van der Waals surface area contributed by atoms with Gasteiger partial charge in [-0.25, -0.2) is 0 Å². The van der Waals surface area contributed by atoms with Gasteiger partial charge in [0.2, 0.25) is 0 Å². The highest BCUT2D eigenvalue weighted by molar-refractivity contribution is 9.11. The zero-order valence-electron chi connectivity index (χ0n) is 11.9. The molecule has 0 spiro atoms. The summed E-state index contributed by atoms with van der Waals surface area (Å²) in [6.07, 6.45) is 0. The number of rotatable bonds is 4.